The van der Waals surface area contributed by atoms with E-state index in [0.29, 0.717) is 24.4 Å². The Hall–Kier alpha value is -3.66. The van der Waals surface area contributed by atoms with Crippen molar-refractivity contribution in [3.05, 3.63) is 29.1 Å². The standard InChI is InChI=1S/C17H23N5O.2C2HF3O2/c1-4-19-9-13-21-15-16(22(13)7-8-23)14-11(3)10(2)5-6-12(14)20-17(15)18;2*3-2(4,5)1(6)7/h5-6,19,23H,4,7-9H2,1-3H3,(H2,18,20);2*(H,6,7). The lowest BCUT2D eigenvalue weighted by molar-refractivity contribution is -0.193. The number of nitrogens with zero attached hydrogens (tertiary/aromatic N) is 3. The van der Waals surface area contributed by atoms with E-state index >= 15 is 0 Å². The second-order valence-corrected chi connectivity index (χ2v) is 7.39. The van der Waals surface area contributed by atoms with Gasteiger partial charge in [0.15, 0.2) is 5.82 Å². The van der Waals surface area contributed by atoms with Gasteiger partial charge in [0.1, 0.15) is 11.3 Å². The third kappa shape index (κ3) is 8.18. The zero-order chi connectivity index (χ0) is 28.7. The van der Waals surface area contributed by atoms with E-state index in [9.17, 15) is 31.4 Å². The fourth-order valence-electron chi connectivity index (χ4n) is 3.02. The van der Waals surface area contributed by atoms with Gasteiger partial charge < -0.3 is 30.9 Å². The summed E-state index contributed by atoms with van der Waals surface area (Å²) in [5, 5.41) is 28.1. The number of nitrogen functional groups attached to an aromatic ring is 1. The van der Waals surface area contributed by atoms with Gasteiger partial charge in [-0.3, -0.25) is 0 Å². The highest BCUT2D eigenvalue weighted by Crippen LogP contribution is 2.32. The number of rotatable bonds is 5. The van der Waals surface area contributed by atoms with Crippen molar-refractivity contribution in [1.29, 1.82) is 0 Å². The van der Waals surface area contributed by atoms with Gasteiger partial charge in [0.2, 0.25) is 0 Å². The maximum Gasteiger partial charge on any atom is 0.490 e. The van der Waals surface area contributed by atoms with Gasteiger partial charge in [-0.25, -0.2) is 19.6 Å². The quantitative estimate of drug-likeness (QED) is 0.305. The Labute approximate surface area is 205 Å². The number of hydrogen-bond acceptors (Lipinski definition) is 7. The van der Waals surface area contributed by atoms with Crippen molar-refractivity contribution in [2.45, 2.75) is 46.2 Å². The van der Waals surface area contributed by atoms with E-state index in [1.54, 1.807) is 0 Å². The lowest BCUT2D eigenvalue weighted by Gasteiger charge is -2.12. The number of carbonyl (C=O) groups is 2. The zero-order valence-electron chi connectivity index (χ0n) is 19.8. The number of aliphatic hydroxyl groups excluding tert-OH is 1. The molecule has 3 rings (SSSR count). The number of aliphatic carboxylic acids is 2. The van der Waals surface area contributed by atoms with Crippen LogP contribution in [0, 0.1) is 13.8 Å². The van der Waals surface area contributed by atoms with Crippen molar-refractivity contribution in [3.63, 3.8) is 0 Å². The Bertz CT molecular complexity index is 1230. The molecule has 0 aliphatic heterocycles. The number of carboxylic acids is 2. The van der Waals surface area contributed by atoms with Gasteiger partial charge in [-0.05, 0) is 37.6 Å². The van der Waals surface area contributed by atoms with E-state index < -0.39 is 24.3 Å². The minimum atomic E-state index is -5.08. The molecule has 1 aromatic carbocycles. The Morgan fingerprint density at radius 3 is 1.97 bits per heavy atom. The van der Waals surface area contributed by atoms with E-state index in [1.807, 2.05) is 6.07 Å². The number of anilines is 1. The Morgan fingerprint density at radius 1 is 1.03 bits per heavy atom. The third-order valence-corrected chi connectivity index (χ3v) is 4.82. The number of aryl methyl sites for hydroxylation is 2. The van der Waals surface area contributed by atoms with E-state index in [4.69, 9.17) is 30.5 Å². The second kappa shape index (κ2) is 12.5. The Morgan fingerprint density at radius 2 is 1.54 bits per heavy atom. The van der Waals surface area contributed by atoms with Crippen LogP contribution in [0.25, 0.3) is 21.9 Å². The smallest absolute Gasteiger partial charge is 0.475 e. The molecule has 6 N–H and O–H groups in total. The van der Waals surface area contributed by atoms with Crippen LogP contribution < -0.4 is 11.1 Å². The van der Waals surface area contributed by atoms with Crippen LogP contribution in [-0.4, -0.2) is 67.3 Å². The average Bonchev–Trinajstić information content (AvgIpc) is 3.13. The van der Waals surface area contributed by atoms with E-state index in [2.05, 4.69) is 41.7 Å². The number of hydrogen-bond donors (Lipinski definition) is 5. The minimum Gasteiger partial charge on any atom is -0.475 e. The molecule has 206 valence electrons. The SMILES string of the molecule is CCNCc1nc2c(N)nc3ccc(C)c(C)c3c2n1CCO.O=C(O)C(F)(F)F.O=C(O)C(F)(F)F. The van der Waals surface area contributed by atoms with Crippen molar-refractivity contribution >= 4 is 39.7 Å². The van der Waals surface area contributed by atoms with Crippen LogP contribution in [-0.2, 0) is 22.7 Å². The summed E-state index contributed by atoms with van der Waals surface area (Å²) in [6.45, 7) is 8.27. The van der Waals surface area contributed by atoms with Crippen LogP contribution in [0.1, 0.15) is 23.9 Å². The number of nitrogens with two attached hydrogens (primary N) is 1. The highest BCUT2D eigenvalue weighted by Gasteiger charge is 2.38. The van der Waals surface area contributed by atoms with E-state index in [0.717, 1.165) is 28.8 Å². The molecular formula is C21H25F6N5O5. The number of carboxylic acid groups (broad SMARTS) is 2. The van der Waals surface area contributed by atoms with Crippen molar-refractivity contribution in [2.24, 2.45) is 0 Å². The molecule has 0 unspecified atom stereocenters. The molecule has 0 bridgehead atoms. The second-order valence-electron chi connectivity index (χ2n) is 7.39. The number of pyridine rings is 1. The van der Waals surface area contributed by atoms with Crippen LogP contribution in [0.2, 0.25) is 0 Å². The van der Waals surface area contributed by atoms with Gasteiger partial charge in [0.25, 0.3) is 0 Å². The highest BCUT2D eigenvalue weighted by molar-refractivity contribution is 6.08. The molecule has 0 spiro atoms. The molecule has 37 heavy (non-hydrogen) atoms. The van der Waals surface area contributed by atoms with Crippen LogP contribution in [0.3, 0.4) is 0 Å². The van der Waals surface area contributed by atoms with Crippen LogP contribution in [0.4, 0.5) is 32.2 Å². The summed E-state index contributed by atoms with van der Waals surface area (Å²) in [6, 6.07) is 4.05. The predicted molar refractivity (Wildman–Crippen MR) is 121 cm³/mol. The number of aliphatic hydroxyl groups is 1. The van der Waals surface area contributed by atoms with E-state index in [1.165, 1.54) is 11.1 Å². The maximum atomic E-state index is 10.6. The summed E-state index contributed by atoms with van der Waals surface area (Å²) >= 11 is 0. The van der Waals surface area contributed by atoms with Gasteiger partial charge in [0.05, 0.1) is 24.2 Å². The molecule has 16 heteroatoms. The molecule has 0 amide bonds. The number of halogens is 6. The molecule has 0 aliphatic carbocycles. The molecule has 2 heterocycles. The molecule has 0 saturated heterocycles. The summed E-state index contributed by atoms with van der Waals surface area (Å²) in [5.74, 6) is -4.21. The summed E-state index contributed by atoms with van der Waals surface area (Å²) in [7, 11) is 0. The Kier molecular flexibility index (Phi) is 10.6. The monoisotopic (exact) mass is 541 g/mol. The van der Waals surface area contributed by atoms with Crippen molar-refractivity contribution in [2.75, 3.05) is 18.9 Å². The first-order valence-corrected chi connectivity index (χ1v) is 10.4. The summed E-state index contributed by atoms with van der Waals surface area (Å²) in [5.41, 5.74) is 11.1. The number of fused-ring (bicyclic) bond motifs is 3. The number of nitrogens with one attached hydrogen (secondary N) is 1. The number of benzene rings is 1. The molecular weight excluding hydrogens is 516 g/mol. The number of imidazole rings is 1. The maximum absolute atomic E-state index is 10.6. The van der Waals surface area contributed by atoms with Gasteiger partial charge >= 0.3 is 24.3 Å². The molecule has 2 aromatic heterocycles. The fraction of sp³-hybridized carbons (Fsp3) is 0.429. The van der Waals surface area contributed by atoms with Gasteiger partial charge in [0, 0.05) is 11.9 Å². The molecule has 0 radical (unpaired) electrons. The molecule has 0 atom stereocenters. The summed E-state index contributed by atoms with van der Waals surface area (Å²) in [4.78, 5) is 27.0. The van der Waals surface area contributed by atoms with Crippen LogP contribution >= 0.6 is 0 Å². The van der Waals surface area contributed by atoms with E-state index in [-0.39, 0.29) is 6.61 Å². The first-order chi connectivity index (χ1) is 17.0. The van der Waals surface area contributed by atoms with Gasteiger partial charge in [-0.2, -0.15) is 26.3 Å². The summed E-state index contributed by atoms with van der Waals surface area (Å²) in [6.07, 6.45) is -10.2. The fourth-order valence-corrected chi connectivity index (χ4v) is 3.02. The topological polar surface area (TPSA) is 164 Å². The largest absolute Gasteiger partial charge is 0.490 e. The average molecular weight is 541 g/mol. The molecule has 0 fully saturated rings. The predicted octanol–water partition coefficient (Wildman–Crippen LogP) is 3.15. The van der Waals surface area contributed by atoms with Gasteiger partial charge in [-0.15, -0.1) is 0 Å². The molecule has 0 saturated carbocycles. The van der Waals surface area contributed by atoms with Crippen molar-refractivity contribution in [1.82, 2.24) is 19.9 Å². The molecule has 3 aromatic rings. The molecule has 0 aliphatic rings. The minimum absolute atomic E-state index is 0.0547. The number of alkyl halides is 6. The first-order valence-electron chi connectivity index (χ1n) is 10.4. The zero-order valence-corrected chi connectivity index (χ0v) is 19.8. The van der Waals surface area contributed by atoms with Crippen LogP contribution in [0.15, 0.2) is 12.1 Å². The van der Waals surface area contributed by atoms with Crippen LogP contribution in [0.5, 0.6) is 0 Å². The van der Waals surface area contributed by atoms with Crippen molar-refractivity contribution < 1.29 is 51.3 Å². The van der Waals surface area contributed by atoms with Gasteiger partial charge in [-0.1, -0.05) is 13.0 Å². The molecule has 10 nitrogen and oxygen atoms in total. The lowest BCUT2D eigenvalue weighted by atomic mass is 10.0. The lowest BCUT2D eigenvalue weighted by Crippen LogP contribution is -2.21. The number of aromatic nitrogens is 3. The Balaban J connectivity index is 0.000000404. The first kappa shape index (κ1) is 31.4. The highest BCUT2D eigenvalue weighted by atomic mass is 19.4. The third-order valence-electron chi connectivity index (χ3n) is 4.82. The normalized spacial score (nSPS) is 11.5. The van der Waals surface area contributed by atoms with Crippen molar-refractivity contribution in [3.8, 4) is 0 Å². The summed E-state index contributed by atoms with van der Waals surface area (Å²) < 4.78 is 65.5.